The number of nitrogens with one attached hydrogen (secondary N) is 1. The fraction of sp³-hybridized carbons (Fsp3) is 0.179. The van der Waals surface area contributed by atoms with Crippen LogP contribution in [0, 0.1) is 6.92 Å². The molecule has 0 spiro atoms. The summed E-state index contributed by atoms with van der Waals surface area (Å²) >= 11 is 1.37. The quantitative estimate of drug-likeness (QED) is 0.221. The van der Waals surface area contributed by atoms with E-state index in [9.17, 15) is 4.79 Å². The number of aryl methyl sites for hydroxylation is 1. The van der Waals surface area contributed by atoms with Crippen molar-refractivity contribution in [2.24, 2.45) is 0 Å². The monoisotopic (exact) mass is 499 g/mol. The van der Waals surface area contributed by atoms with Gasteiger partial charge >= 0.3 is 0 Å². The molecule has 182 valence electrons. The molecular formula is C28H25N3O4S. The van der Waals surface area contributed by atoms with E-state index in [1.807, 2.05) is 67.6 Å². The third-order valence-electron chi connectivity index (χ3n) is 5.83. The number of anilines is 1. The summed E-state index contributed by atoms with van der Waals surface area (Å²) in [5.41, 5.74) is 4.52. The Morgan fingerprint density at radius 2 is 1.78 bits per heavy atom. The van der Waals surface area contributed by atoms with Gasteiger partial charge in [-0.25, -0.2) is 4.98 Å². The standard InChI is InChI=1S/C28H25N3O4S/c1-17-6-4-7-19-14-23-27(35-25(17)19)30-26(18-10-12-21(33-2)13-11-18)31-28(23)36-16-24(32)29-20-8-5-9-22(15-20)34-3/h4-13,15H,14,16H2,1-3H3,(H,29,32). The number of thioether (sulfide) groups is 1. The zero-order chi connectivity index (χ0) is 25.1. The molecule has 3 aromatic carbocycles. The molecule has 0 atom stereocenters. The van der Waals surface area contributed by atoms with Crippen LogP contribution in [0.3, 0.4) is 0 Å². The number of rotatable bonds is 7. The van der Waals surface area contributed by atoms with E-state index < -0.39 is 0 Å². The fourth-order valence-corrected chi connectivity index (χ4v) is 4.81. The van der Waals surface area contributed by atoms with Gasteiger partial charge in [0.1, 0.15) is 22.3 Å². The molecule has 4 aromatic rings. The molecule has 0 unspecified atom stereocenters. The number of ether oxygens (including phenoxy) is 3. The van der Waals surface area contributed by atoms with Crippen molar-refractivity contribution in [3.05, 3.63) is 83.4 Å². The number of fused-ring (bicyclic) bond motifs is 2. The van der Waals surface area contributed by atoms with E-state index in [4.69, 9.17) is 24.2 Å². The second-order valence-electron chi connectivity index (χ2n) is 8.28. The van der Waals surface area contributed by atoms with Gasteiger partial charge in [-0.1, -0.05) is 36.0 Å². The number of methoxy groups -OCH3 is 2. The molecule has 36 heavy (non-hydrogen) atoms. The number of aromatic nitrogens is 2. The normalized spacial score (nSPS) is 11.6. The highest BCUT2D eigenvalue weighted by atomic mass is 32.2. The van der Waals surface area contributed by atoms with Crippen molar-refractivity contribution in [3.8, 4) is 34.5 Å². The van der Waals surface area contributed by atoms with Crippen LogP contribution >= 0.6 is 11.8 Å². The molecule has 1 amide bonds. The Morgan fingerprint density at radius 1 is 1.00 bits per heavy atom. The molecule has 1 aliphatic heterocycles. The minimum Gasteiger partial charge on any atom is -0.497 e. The van der Waals surface area contributed by atoms with Gasteiger partial charge in [-0.2, -0.15) is 4.98 Å². The third kappa shape index (κ3) is 4.99. The number of para-hydroxylation sites is 1. The molecule has 0 fully saturated rings. The Labute approximate surface area is 213 Å². The van der Waals surface area contributed by atoms with E-state index in [-0.39, 0.29) is 11.7 Å². The van der Waals surface area contributed by atoms with Crippen LogP contribution < -0.4 is 19.5 Å². The van der Waals surface area contributed by atoms with Crippen LogP contribution in [-0.4, -0.2) is 35.8 Å². The molecule has 1 aromatic heterocycles. The van der Waals surface area contributed by atoms with Crippen molar-refractivity contribution >= 4 is 23.4 Å². The van der Waals surface area contributed by atoms with Gasteiger partial charge in [0.2, 0.25) is 11.8 Å². The van der Waals surface area contributed by atoms with E-state index in [2.05, 4.69) is 5.32 Å². The average Bonchev–Trinajstić information content (AvgIpc) is 2.91. The lowest BCUT2D eigenvalue weighted by Crippen LogP contribution is -2.15. The molecule has 5 rings (SSSR count). The van der Waals surface area contributed by atoms with E-state index in [1.165, 1.54) is 11.8 Å². The number of hydrogen-bond acceptors (Lipinski definition) is 7. The first-order valence-corrected chi connectivity index (χ1v) is 12.4. The van der Waals surface area contributed by atoms with Gasteiger partial charge in [0.05, 0.1) is 25.5 Å². The van der Waals surface area contributed by atoms with Crippen molar-refractivity contribution < 1.29 is 19.0 Å². The van der Waals surface area contributed by atoms with Crippen LogP contribution in [0.1, 0.15) is 16.7 Å². The second-order valence-corrected chi connectivity index (χ2v) is 9.24. The van der Waals surface area contributed by atoms with Crippen LogP contribution in [-0.2, 0) is 11.2 Å². The number of nitrogens with zero attached hydrogens (tertiary/aromatic N) is 2. The Kier molecular flexibility index (Phi) is 6.77. The van der Waals surface area contributed by atoms with Crippen LogP contribution in [0.4, 0.5) is 5.69 Å². The highest BCUT2D eigenvalue weighted by Crippen LogP contribution is 2.41. The van der Waals surface area contributed by atoms with Crippen molar-refractivity contribution in [1.29, 1.82) is 0 Å². The van der Waals surface area contributed by atoms with Gasteiger partial charge in [0, 0.05) is 23.7 Å². The first-order chi connectivity index (χ1) is 17.5. The molecule has 8 heteroatoms. The van der Waals surface area contributed by atoms with Gasteiger partial charge in [-0.15, -0.1) is 0 Å². The Morgan fingerprint density at radius 3 is 2.56 bits per heavy atom. The molecule has 0 radical (unpaired) electrons. The molecule has 1 N–H and O–H groups in total. The van der Waals surface area contributed by atoms with Crippen LogP contribution in [0.15, 0.2) is 71.8 Å². The molecular weight excluding hydrogens is 474 g/mol. The van der Waals surface area contributed by atoms with Gasteiger partial charge < -0.3 is 19.5 Å². The van der Waals surface area contributed by atoms with Crippen LogP contribution in [0.2, 0.25) is 0 Å². The summed E-state index contributed by atoms with van der Waals surface area (Å²) < 4.78 is 16.8. The maximum atomic E-state index is 12.8. The summed E-state index contributed by atoms with van der Waals surface area (Å²) in [4.78, 5) is 22.4. The molecule has 2 heterocycles. The molecule has 0 saturated carbocycles. The number of hydrogen-bond donors (Lipinski definition) is 1. The highest BCUT2D eigenvalue weighted by molar-refractivity contribution is 8.00. The van der Waals surface area contributed by atoms with Crippen molar-refractivity contribution in [1.82, 2.24) is 9.97 Å². The predicted octanol–water partition coefficient (Wildman–Crippen LogP) is 5.90. The smallest absolute Gasteiger partial charge is 0.234 e. The van der Waals surface area contributed by atoms with Gasteiger partial charge in [-0.3, -0.25) is 4.79 Å². The third-order valence-corrected chi connectivity index (χ3v) is 6.85. The summed E-state index contributed by atoms with van der Waals surface area (Å²) in [5.74, 6) is 3.36. The number of benzene rings is 3. The van der Waals surface area contributed by atoms with Gasteiger partial charge in [0.15, 0.2) is 5.82 Å². The lowest BCUT2D eigenvalue weighted by molar-refractivity contribution is -0.113. The van der Waals surface area contributed by atoms with Gasteiger partial charge in [-0.05, 0) is 54.4 Å². The summed E-state index contributed by atoms with van der Waals surface area (Å²) in [6, 6.07) is 20.9. The predicted molar refractivity (Wildman–Crippen MR) is 140 cm³/mol. The van der Waals surface area contributed by atoms with Crippen LogP contribution in [0.5, 0.6) is 23.1 Å². The maximum absolute atomic E-state index is 12.8. The first kappa shape index (κ1) is 23.7. The zero-order valence-corrected chi connectivity index (χ0v) is 21.0. The lowest BCUT2D eigenvalue weighted by atomic mass is 10.0. The van der Waals surface area contributed by atoms with E-state index in [0.29, 0.717) is 29.6 Å². The number of amides is 1. The summed E-state index contributed by atoms with van der Waals surface area (Å²) in [5, 5.41) is 3.64. The molecule has 1 aliphatic rings. The van der Waals surface area contributed by atoms with Gasteiger partial charge in [0.25, 0.3) is 0 Å². The number of carbonyl (C=O) groups excluding carboxylic acids is 1. The Bertz CT molecular complexity index is 1420. The molecule has 0 aliphatic carbocycles. The zero-order valence-electron chi connectivity index (χ0n) is 20.2. The Balaban J connectivity index is 1.44. The van der Waals surface area contributed by atoms with E-state index in [1.54, 1.807) is 20.3 Å². The number of carbonyl (C=O) groups is 1. The average molecular weight is 500 g/mol. The lowest BCUT2D eigenvalue weighted by Gasteiger charge is -2.23. The summed E-state index contributed by atoms with van der Waals surface area (Å²) in [6.45, 7) is 2.02. The summed E-state index contributed by atoms with van der Waals surface area (Å²) in [7, 11) is 3.22. The van der Waals surface area contributed by atoms with Crippen molar-refractivity contribution in [2.75, 3.05) is 25.3 Å². The van der Waals surface area contributed by atoms with Crippen molar-refractivity contribution in [3.63, 3.8) is 0 Å². The molecule has 0 saturated heterocycles. The highest BCUT2D eigenvalue weighted by Gasteiger charge is 2.25. The topological polar surface area (TPSA) is 82.6 Å². The minimum absolute atomic E-state index is 0.139. The first-order valence-electron chi connectivity index (χ1n) is 11.4. The Hall–Kier alpha value is -4.04. The maximum Gasteiger partial charge on any atom is 0.234 e. The largest absolute Gasteiger partial charge is 0.497 e. The molecule has 7 nitrogen and oxygen atoms in total. The van der Waals surface area contributed by atoms with Crippen molar-refractivity contribution in [2.45, 2.75) is 18.4 Å². The fourth-order valence-electron chi connectivity index (χ4n) is 3.99. The SMILES string of the molecule is COc1ccc(-c2nc3c(c(SCC(=O)Nc4cccc(OC)c4)n2)Cc2cccc(C)c2O3)cc1. The van der Waals surface area contributed by atoms with E-state index in [0.717, 1.165) is 38.8 Å². The second kappa shape index (κ2) is 10.3. The summed E-state index contributed by atoms with van der Waals surface area (Å²) in [6.07, 6.45) is 0.634. The molecule has 0 bridgehead atoms. The van der Waals surface area contributed by atoms with E-state index >= 15 is 0 Å². The van der Waals surface area contributed by atoms with Crippen LogP contribution in [0.25, 0.3) is 11.4 Å². The minimum atomic E-state index is -0.139.